The highest BCUT2D eigenvalue weighted by Gasteiger charge is 2.22. The molecule has 7 heteroatoms. The summed E-state index contributed by atoms with van der Waals surface area (Å²) in [7, 11) is 0. The Morgan fingerprint density at radius 3 is 0.675 bits per heavy atom. The molecule has 0 amide bonds. The van der Waals surface area contributed by atoms with Crippen molar-refractivity contribution in [3.05, 3.63) is 479 Å². The number of fused-ring (bicyclic) bond motifs is 18. The van der Waals surface area contributed by atoms with Crippen LogP contribution in [0.4, 0.5) is 0 Å². The van der Waals surface area contributed by atoms with Crippen molar-refractivity contribution >= 4 is 131 Å². The zero-order valence-electron chi connectivity index (χ0n) is 68.7. The highest BCUT2D eigenvalue weighted by molar-refractivity contribution is 6.17. The Morgan fingerprint density at radius 2 is 0.341 bits per heavy atom. The van der Waals surface area contributed by atoms with Gasteiger partial charge in [-0.2, -0.15) is 0 Å². The van der Waals surface area contributed by atoms with Crippen LogP contribution < -0.4 is 0 Å². The molecule has 7 heterocycles. The SMILES string of the molecule is c1ccc(-c2cccc(-n3c4ccccc4c4cc(-c5ccc6c(c5)c5ccccc5n6-c5ccccc5)ccc43)c2)cc1.c1ccc(-n2c3ccccc3c3cc(-c4ccc5c(c4)c4ccccc4n5-c4cccc(-c5ccccn5)c4)ccc32)cc1.c1ccc(-n2c3ccccc3c3cc(-c4ccc5c6ccccc6n(-c6ccccc6)c5c4)ccc32)cc1. The van der Waals surface area contributed by atoms with Gasteiger partial charge < -0.3 is 27.4 Å². The Labute approximate surface area is 727 Å². The van der Waals surface area contributed by atoms with Crippen LogP contribution in [0.15, 0.2) is 479 Å². The smallest absolute Gasteiger partial charge is 0.0702 e. The van der Waals surface area contributed by atoms with E-state index in [1.165, 1.54) is 204 Å². The van der Waals surface area contributed by atoms with E-state index < -0.39 is 0 Å². The van der Waals surface area contributed by atoms with Gasteiger partial charge in [0.2, 0.25) is 0 Å². The molecular formula is C119H79N7. The second-order valence-electron chi connectivity index (χ2n) is 32.5. The van der Waals surface area contributed by atoms with Crippen LogP contribution in [0, 0.1) is 0 Å². The molecule has 126 heavy (non-hydrogen) atoms. The molecule has 19 aromatic carbocycles. The molecule has 26 aromatic rings. The molecule has 0 radical (unpaired) electrons. The third kappa shape index (κ3) is 12.5. The topological polar surface area (TPSA) is 42.5 Å². The lowest BCUT2D eigenvalue weighted by molar-refractivity contribution is 1.18. The van der Waals surface area contributed by atoms with Crippen molar-refractivity contribution in [2.75, 3.05) is 0 Å². The number of para-hydroxylation sites is 10. The van der Waals surface area contributed by atoms with E-state index in [1.54, 1.807) is 0 Å². The summed E-state index contributed by atoms with van der Waals surface area (Å²) in [6.07, 6.45) is 1.85. The van der Waals surface area contributed by atoms with Crippen molar-refractivity contribution < 1.29 is 0 Å². The Morgan fingerprint density at radius 1 is 0.119 bits per heavy atom. The predicted molar refractivity (Wildman–Crippen MR) is 530 cm³/mol. The number of aromatic nitrogens is 7. The first-order valence-electron chi connectivity index (χ1n) is 43.1. The Balaban J connectivity index is 0.000000106. The van der Waals surface area contributed by atoms with Gasteiger partial charge >= 0.3 is 0 Å². The van der Waals surface area contributed by atoms with Crippen molar-refractivity contribution in [2.45, 2.75) is 0 Å². The fourth-order valence-electron chi connectivity index (χ4n) is 19.7. The van der Waals surface area contributed by atoms with E-state index in [0.717, 1.165) is 16.9 Å². The van der Waals surface area contributed by atoms with E-state index in [4.69, 9.17) is 0 Å². The molecule has 7 aromatic heterocycles. The molecule has 26 rings (SSSR count). The van der Waals surface area contributed by atoms with Gasteiger partial charge in [0.05, 0.1) is 71.9 Å². The second kappa shape index (κ2) is 30.7. The van der Waals surface area contributed by atoms with Gasteiger partial charge in [-0.05, 0) is 233 Å². The number of hydrogen-bond acceptors (Lipinski definition) is 1. The molecule has 0 saturated carbocycles. The van der Waals surface area contributed by atoms with Crippen molar-refractivity contribution in [1.29, 1.82) is 0 Å². The lowest BCUT2D eigenvalue weighted by Crippen LogP contribution is -1.94. The van der Waals surface area contributed by atoms with Crippen LogP contribution in [0.25, 0.3) is 221 Å². The van der Waals surface area contributed by atoms with Crippen LogP contribution in [-0.4, -0.2) is 32.4 Å². The van der Waals surface area contributed by atoms with E-state index in [9.17, 15) is 0 Å². The summed E-state index contributed by atoms with van der Waals surface area (Å²) in [6.45, 7) is 0. The van der Waals surface area contributed by atoms with Crippen LogP contribution >= 0.6 is 0 Å². The molecular weight excluding hydrogens is 1530 g/mol. The van der Waals surface area contributed by atoms with Gasteiger partial charge in [-0.25, -0.2) is 0 Å². The van der Waals surface area contributed by atoms with Crippen molar-refractivity contribution in [2.24, 2.45) is 0 Å². The van der Waals surface area contributed by atoms with Crippen molar-refractivity contribution in [3.63, 3.8) is 0 Å². The van der Waals surface area contributed by atoms with E-state index in [1.807, 2.05) is 18.3 Å². The molecule has 0 atom stereocenters. The third-order valence-corrected chi connectivity index (χ3v) is 25.4. The average Bonchev–Trinajstić information content (AvgIpc) is 1.59. The van der Waals surface area contributed by atoms with Crippen molar-refractivity contribution in [3.8, 4) is 89.9 Å². The summed E-state index contributed by atoms with van der Waals surface area (Å²) in [5.74, 6) is 0. The quantitative estimate of drug-likeness (QED) is 0.127. The molecule has 0 bridgehead atoms. The maximum Gasteiger partial charge on any atom is 0.0702 e. The molecule has 0 aliphatic carbocycles. The third-order valence-electron chi connectivity index (χ3n) is 25.4. The van der Waals surface area contributed by atoms with Crippen LogP contribution in [0.5, 0.6) is 0 Å². The molecule has 0 saturated heterocycles. The summed E-state index contributed by atoms with van der Waals surface area (Å²) in [4.78, 5) is 4.59. The first-order valence-corrected chi connectivity index (χ1v) is 43.1. The molecule has 0 unspecified atom stereocenters. The average molecular weight is 1610 g/mol. The van der Waals surface area contributed by atoms with Gasteiger partial charge in [0.25, 0.3) is 0 Å². The van der Waals surface area contributed by atoms with Crippen LogP contribution in [0.2, 0.25) is 0 Å². The maximum absolute atomic E-state index is 4.59. The summed E-state index contributed by atoms with van der Waals surface area (Å²) < 4.78 is 14.3. The van der Waals surface area contributed by atoms with Gasteiger partial charge in [-0.3, -0.25) is 4.98 Å². The van der Waals surface area contributed by atoms with E-state index in [-0.39, 0.29) is 0 Å². The monoisotopic (exact) mass is 1610 g/mol. The standard InChI is InChI=1S/C42H28N2.C41H27N3.C36H24N2/c1-3-12-29(13-4-1)30-14-11-17-34(26-30)44-40-21-10-8-19-36(40)38-28-32(23-25-42(38)44)31-22-24-41-37(27-31)35-18-7-9-20-39(35)43(41)33-15-5-2-6-16-33;1-2-12-31(13-3-1)43-38-18-6-4-15-33(38)35-26-28(20-22-40(35)43)29-21-23-41-36(27-29)34-16-5-7-19-39(34)44(41)32-14-10-11-30(25-32)37-17-8-9-24-42-37;1-3-11-27(12-4-1)37-34-18-10-8-16-30(34)32-23-25(20-22-35(32)37)26-19-21-31-29-15-7-9-17-33(29)38(36(31)24-26)28-13-5-2-6-14-28/h1-28H;1-27H;1-24H. The van der Waals surface area contributed by atoms with Crippen LogP contribution in [-0.2, 0) is 0 Å². The van der Waals surface area contributed by atoms with E-state index in [0.29, 0.717) is 0 Å². The molecule has 0 aliphatic rings. The second-order valence-corrected chi connectivity index (χ2v) is 32.5. The Hall–Kier alpha value is -16.9. The van der Waals surface area contributed by atoms with Gasteiger partial charge in [0.1, 0.15) is 0 Å². The van der Waals surface area contributed by atoms with Crippen LogP contribution in [0.1, 0.15) is 0 Å². The van der Waals surface area contributed by atoms with Crippen LogP contribution in [0.3, 0.4) is 0 Å². The summed E-state index contributed by atoms with van der Waals surface area (Å²) >= 11 is 0. The molecule has 590 valence electrons. The first-order chi connectivity index (χ1) is 62.5. The lowest BCUT2D eigenvalue weighted by atomic mass is 10.0. The number of benzene rings is 19. The maximum atomic E-state index is 4.59. The number of rotatable bonds is 11. The molecule has 0 N–H and O–H groups in total. The zero-order valence-corrected chi connectivity index (χ0v) is 68.7. The van der Waals surface area contributed by atoms with Crippen molar-refractivity contribution in [1.82, 2.24) is 32.4 Å². The van der Waals surface area contributed by atoms with E-state index in [2.05, 4.69) is 493 Å². The lowest BCUT2D eigenvalue weighted by Gasteiger charge is -2.11. The van der Waals surface area contributed by atoms with Gasteiger partial charge in [0.15, 0.2) is 0 Å². The van der Waals surface area contributed by atoms with E-state index >= 15 is 0 Å². The molecule has 0 fully saturated rings. The molecule has 0 aliphatic heterocycles. The number of hydrogen-bond donors (Lipinski definition) is 0. The van der Waals surface area contributed by atoms with Gasteiger partial charge in [-0.15, -0.1) is 0 Å². The minimum Gasteiger partial charge on any atom is -0.309 e. The Bertz CT molecular complexity index is 8330. The highest BCUT2D eigenvalue weighted by Crippen LogP contribution is 2.44. The minimum absolute atomic E-state index is 0.974. The summed E-state index contributed by atoms with van der Waals surface area (Å²) in [5.41, 5.74) is 33.4. The predicted octanol–water partition coefficient (Wildman–Crippen LogP) is 31.4. The summed E-state index contributed by atoms with van der Waals surface area (Å²) in [5, 5.41) is 15.2. The van der Waals surface area contributed by atoms with Gasteiger partial charge in [-0.1, -0.05) is 285 Å². The number of nitrogens with zero attached hydrogens (tertiary/aromatic N) is 7. The number of pyridine rings is 1. The minimum atomic E-state index is 0.974. The fraction of sp³-hybridized carbons (Fsp3) is 0. The first kappa shape index (κ1) is 73.1. The zero-order chi connectivity index (χ0) is 83.1. The largest absolute Gasteiger partial charge is 0.309 e. The normalized spacial score (nSPS) is 11.7. The van der Waals surface area contributed by atoms with Gasteiger partial charge in [0, 0.05) is 111 Å². The molecule has 7 nitrogen and oxygen atoms in total. The molecule has 0 spiro atoms. The summed E-state index contributed by atoms with van der Waals surface area (Å²) in [6, 6.07) is 170. The Kier molecular flexibility index (Phi) is 17.8. The highest BCUT2D eigenvalue weighted by atomic mass is 15.0. The fourth-order valence-corrected chi connectivity index (χ4v) is 19.7.